The summed E-state index contributed by atoms with van der Waals surface area (Å²) in [5.41, 5.74) is 0. The molecule has 1 aliphatic heterocycles. The molecule has 0 saturated carbocycles. The summed E-state index contributed by atoms with van der Waals surface area (Å²) in [4.78, 5) is 14.8. The number of ether oxygens (including phenoxy) is 1. The third kappa shape index (κ3) is 3.91. The van der Waals surface area contributed by atoms with Gasteiger partial charge in [0, 0.05) is 26.7 Å². The molecule has 0 aromatic carbocycles. The Labute approximate surface area is 118 Å². The second kappa shape index (κ2) is 6.86. The van der Waals surface area contributed by atoms with Gasteiger partial charge in [-0.25, -0.2) is 0 Å². The number of halogens is 1. The van der Waals surface area contributed by atoms with Crippen molar-refractivity contribution in [2.75, 3.05) is 37.0 Å². The number of piperidine rings is 1. The van der Waals surface area contributed by atoms with Crippen molar-refractivity contribution in [3.8, 4) is 0 Å². The lowest BCUT2D eigenvalue weighted by Gasteiger charge is -2.31. The quantitative estimate of drug-likeness (QED) is 0.892. The van der Waals surface area contributed by atoms with E-state index in [2.05, 4.69) is 32.1 Å². The zero-order chi connectivity index (χ0) is 13.7. The molecule has 0 unspecified atom stereocenters. The summed E-state index contributed by atoms with van der Waals surface area (Å²) in [5.74, 6) is 1.19. The Kier molecular flexibility index (Phi) is 5.15. The maximum absolute atomic E-state index is 5.95. The minimum Gasteiger partial charge on any atom is -0.381 e. The molecule has 1 aromatic rings. The number of aromatic nitrogens is 3. The van der Waals surface area contributed by atoms with Crippen molar-refractivity contribution >= 4 is 23.5 Å². The lowest BCUT2D eigenvalue weighted by molar-refractivity contribution is 0.0816. The van der Waals surface area contributed by atoms with E-state index in [1.165, 1.54) is 0 Å². The minimum absolute atomic E-state index is 0.234. The number of rotatable bonds is 5. The molecule has 0 bridgehead atoms. The molecular weight excluding hydrogens is 266 g/mol. The van der Waals surface area contributed by atoms with Crippen LogP contribution >= 0.6 is 11.6 Å². The first-order valence-electron chi connectivity index (χ1n) is 6.66. The lowest BCUT2D eigenvalue weighted by Crippen LogP contribution is -2.37. The number of methoxy groups -OCH3 is 1. The fourth-order valence-electron chi connectivity index (χ4n) is 2.09. The Hall–Kier alpha value is -1.14. The van der Waals surface area contributed by atoms with Gasteiger partial charge in [0.25, 0.3) is 0 Å². The van der Waals surface area contributed by atoms with Crippen LogP contribution < -0.4 is 10.2 Å². The Balaban J connectivity index is 2.05. The van der Waals surface area contributed by atoms with Gasteiger partial charge < -0.3 is 15.0 Å². The predicted molar refractivity (Wildman–Crippen MR) is 75.9 cm³/mol. The molecule has 0 radical (unpaired) electrons. The summed E-state index contributed by atoms with van der Waals surface area (Å²) in [6.07, 6.45) is 3.32. The molecule has 0 aliphatic carbocycles. The molecule has 1 aromatic heterocycles. The van der Waals surface area contributed by atoms with Gasteiger partial charge in [-0.05, 0) is 30.9 Å². The Morgan fingerprint density at radius 1 is 1.32 bits per heavy atom. The number of hydrogen-bond donors (Lipinski definition) is 1. The van der Waals surface area contributed by atoms with Crippen molar-refractivity contribution in [3.63, 3.8) is 0 Å². The minimum atomic E-state index is 0.234. The molecule has 1 N–H and O–H groups in total. The first-order valence-corrected chi connectivity index (χ1v) is 7.04. The van der Waals surface area contributed by atoms with Gasteiger partial charge in [-0.3, -0.25) is 0 Å². The van der Waals surface area contributed by atoms with Crippen LogP contribution in [0.1, 0.15) is 26.2 Å². The highest BCUT2D eigenvalue weighted by molar-refractivity contribution is 6.28. The van der Waals surface area contributed by atoms with Crippen LogP contribution in [0.15, 0.2) is 0 Å². The van der Waals surface area contributed by atoms with Crippen LogP contribution in [0, 0.1) is 0 Å². The van der Waals surface area contributed by atoms with Crippen molar-refractivity contribution < 1.29 is 4.74 Å². The highest BCUT2D eigenvalue weighted by Crippen LogP contribution is 2.19. The van der Waals surface area contributed by atoms with Gasteiger partial charge in [0.2, 0.25) is 17.2 Å². The molecule has 1 saturated heterocycles. The SMILES string of the molecule is CCCNc1nc(Cl)nc(N2CCC(OC)CC2)n1. The Morgan fingerprint density at radius 2 is 2.05 bits per heavy atom. The molecule has 0 amide bonds. The fourth-order valence-corrected chi connectivity index (χ4v) is 2.24. The average Bonchev–Trinajstić information content (AvgIpc) is 2.44. The number of nitrogens with zero attached hydrogens (tertiary/aromatic N) is 4. The number of hydrogen-bond acceptors (Lipinski definition) is 6. The summed E-state index contributed by atoms with van der Waals surface area (Å²) < 4.78 is 5.36. The standard InChI is InChI=1S/C12H20ClN5O/c1-3-6-14-11-15-10(13)16-12(17-11)18-7-4-9(19-2)5-8-18/h9H,3-8H2,1-2H3,(H,14,15,16,17). The molecule has 1 aliphatic rings. The van der Waals surface area contributed by atoms with E-state index in [1.54, 1.807) is 7.11 Å². The van der Waals surface area contributed by atoms with Crippen molar-refractivity contribution in [1.29, 1.82) is 0 Å². The van der Waals surface area contributed by atoms with Gasteiger partial charge in [0.05, 0.1) is 6.10 Å². The Bertz CT molecular complexity index is 409. The number of anilines is 2. The van der Waals surface area contributed by atoms with Crippen LogP contribution in [0.5, 0.6) is 0 Å². The van der Waals surface area contributed by atoms with Crippen LogP contribution in [0.25, 0.3) is 0 Å². The largest absolute Gasteiger partial charge is 0.381 e. The smallest absolute Gasteiger partial charge is 0.231 e. The van der Waals surface area contributed by atoms with E-state index < -0.39 is 0 Å². The average molecular weight is 286 g/mol. The third-order valence-corrected chi connectivity index (χ3v) is 3.36. The van der Waals surface area contributed by atoms with E-state index in [0.717, 1.165) is 38.9 Å². The van der Waals surface area contributed by atoms with E-state index in [-0.39, 0.29) is 5.28 Å². The van der Waals surface area contributed by atoms with Crippen molar-refractivity contribution in [2.45, 2.75) is 32.3 Å². The van der Waals surface area contributed by atoms with E-state index in [9.17, 15) is 0 Å². The normalized spacial score (nSPS) is 16.7. The van der Waals surface area contributed by atoms with Gasteiger partial charge in [0.15, 0.2) is 0 Å². The Morgan fingerprint density at radius 3 is 2.68 bits per heavy atom. The monoisotopic (exact) mass is 285 g/mol. The van der Waals surface area contributed by atoms with Gasteiger partial charge in [-0.15, -0.1) is 0 Å². The molecule has 1 fully saturated rings. The number of nitrogens with one attached hydrogen (secondary N) is 1. The molecule has 6 nitrogen and oxygen atoms in total. The topological polar surface area (TPSA) is 63.2 Å². The molecular formula is C12H20ClN5O. The van der Waals surface area contributed by atoms with Crippen LogP contribution in [0.3, 0.4) is 0 Å². The lowest BCUT2D eigenvalue weighted by atomic mass is 10.1. The van der Waals surface area contributed by atoms with Crippen LogP contribution in [0.4, 0.5) is 11.9 Å². The summed E-state index contributed by atoms with van der Waals surface area (Å²) in [5, 5.41) is 3.37. The first-order chi connectivity index (χ1) is 9.22. The van der Waals surface area contributed by atoms with Gasteiger partial charge in [-0.1, -0.05) is 6.92 Å². The highest BCUT2D eigenvalue weighted by atomic mass is 35.5. The zero-order valence-electron chi connectivity index (χ0n) is 11.4. The summed E-state index contributed by atoms with van der Waals surface area (Å²) in [6.45, 7) is 4.68. The maximum Gasteiger partial charge on any atom is 0.231 e. The molecule has 0 spiro atoms. The first kappa shape index (κ1) is 14.3. The van der Waals surface area contributed by atoms with E-state index >= 15 is 0 Å². The second-order valence-electron chi connectivity index (χ2n) is 4.58. The predicted octanol–water partition coefficient (Wildman–Crippen LogP) is 1.96. The van der Waals surface area contributed by atoms with Crippen molar-refractivity contribution in [3.05, 3.63) is 5.28 Å². The van der Waals surface area contributed by atoms with E-state index in [4.69, 9.17) is 16.3 Å². The maximum atomic E-state index is 5.95. The molecule has 2 heterocycles. The van der Waals surface area contributed by atoms with Crippen molar-refractivity contribution in [2.24, 2.45) is 0 Å². The van der Waals surface area contributed by atoms with E-state index in [1.807, 2.05) is 0 Å². The zero-order valence-corrected chi connectivity index (χ0v) is 12.2. The highest BCUT2D eigenvalue weighted by Gasteiger charge is 2.21. The van der Waals surface area contributed by atoms with Crippen molar-refractivity contribution in [1.82, 2.24) is 15.0 Å². The van der Waals surface area contributed by atoms with E-state index in [0.29, 0.717) is 18.0 Å². The molecule has 19 heavy (non-hydrogen) atoms. The van der Waals surface area contributed by atoms with Crippen LogP contribution in [0.2, 0.25) is 5.28 Å². The summed E-state index contributed by atoms with van der Waals surface area (Å²) >= 11 is 5.95. The fraction of sp³-hybridized carbons (Fsp3) is 0.750. The third-order valence-electron chi connectivity index (χ3n) is 3.19. The van der Waals surface area contributed by atoms with Gasteiger partial charge in [-0.2, -0.15) is 15.0 Å². The summed E-state index contributed by atoms with van der Waals surface area (Å²) in [7, 11) is 1.76. The molecule has 2 rings (SSSR count). The summed E-state index contributed by atoms with van der Waals surface area (Å²) in [6, 6.07) is 0. The van der Waals surface area contributed by atoms with Crippen LogP contribution in [-0.2, 0) is 4.74 Å². The van der Waals surface area contributed by atoms with Gasteiger partial charge in [0.1, 0.15) is 0 Å². The molecule has 7 heteroatoms. The molecule has 106 valence electrons. The van der Waals surface area contributed by atoms with Gasteiger partial charge >= 0.3 is 0 Å². The van der Waals surface area contributed by atoms with Crippen LogP contribution in [-0.4, -0.2) is 47.8 Å². The molecule has 0 atom stereocenters. The second-order valence-corrected chi connectivity index (χ2v) is 4.91.